The first-order valence-corrected chi connectivity index (χ1v) is 8.21. The van der Waals surface area contributed by atoms with Crippen LogP contribution in [0.2, 0.25) is 6.82 Å². The maximum Gasteiger partial charge on any atom is 0.428 e. The molecule has 0 aliphatic heterocycles. The zero-order chi connectivity index (χ0) is 14.5. The molecule has 0 atom stereocenters. The van der Waals surface area contributed by atoms with Crippen LogP contribution in [0.3, 0.4) is 0 Å². The van der Waals surface area contributed by atoms with Crippen LogP contribution in [0.25, 0.3) is 5.57 Å². The molecule has 0 amide bonds. The van der Waals surface area contributed by atoms with Gasteiger partial charge in [-0.3, -0.25) is 0 Å². The second-order valence-corrected chi connectivity index (χ2v) is 6.69. The number of anilines is 1. The molecule has 0 saturated heterocycles. The molecule has 0 aromatic heterocycles. The molecule has 1 aliphatic carbocycles. The highest BCUT2D eigenvalue weighted by Gasteiger charge is 2.23. The Morgan fingerprint density at radius 2 is 1.90 bits per heavy atom. The number of halogens is 1. The number of carbonyl (C=O) groups excluding carboxylic acids is 1. The summed E-state index contributed by atoms with van der Waals surface area (Å²) in [4.78, 5) is 12.2. The lowest BCUT2D eigenvalue weighted by molar-refractivity contribution is -0.130. The molecule has 0 radical (unpaired) electrons. The molecule has 0 spiro atoms. The predicted molar refractivity (Wildman–Crippen MR) is 93.1 cm³/mol. The lowest BCUT2D eigenvalue weighted by atomic mass is 9.87. The Bertz CT molecular complexity index is 511. The van der Waals surface area contributed by atoms with Crippen molar-refractivity contribution in [1.29, 1.82) is 0 Å². The van der Waals surface area contributed by atoms with Crippen LogP contribution in [0, 0.1) is 0 Å². The fraction of sp³-hybridized carbons (Fsp3) is 0.400. The van der Waals surface area contributed by atoms with E-state index in [0.717, 1.165) is 48.1 Å². The molecule has 1 aliphatic rings. The fourth-order valence-electron chi connectivity index (χ4n) is 2.51. The molecule has 5 heteroatoms. The van der Waals surface area contributed by atoms with Crippen LogP contribution in [-0.4, -0.2) is 17.8 Å². The lowest BCUT2D eigenvalue weighted by Crippen LogP contribution is -2.17. The van der Waals surface area contributed by atoms with Crippen molar-refractivity contribution in [1.82, 2.24) is 0 Å². The van der Waals surface area contributed by atoms with E-state index in [2.05, 4.69) is 39.8 Å². The van der Waals surface area contributed by atoms with E-state index < -0.39 is 0 Å². The number of benzene rings is 1. The van der Waals surface area contributed by atoms with Crippen LogP contribution in [-0.2, 0) is 9.45 Å². The Balaban J connectivity index is 2.31. The molecule has 1 N–H and O–H groups in total. The maximum absolute atomic E-state index is 12.2. The zero-order valence-electron chi connectivity index (χ0n) is 11.9. The monoisotopic (exact) mass is 383 g/mol. The van der Waals surface area contributed by atoms with E-state index >= 15 is 0 Å². The summed E-state index contributed by atoms with van der Waals surface area (Å²) in [6, 6.07) is 8.24. The largest absolute Gasteiger partial charge is 0.522 e. The number of allylic oxidation sites excluding steroid dienone is 1. The first-order chi connectivity index (χ1) is 9.61. The molecule has 20 heavy (non-hydrogen) atoms. The SMILES string of the molecule is CNc1ccc(C2=C(C(=O)OB(C)I)CCCC2)cc1. The highest BCUT2D eigenvalue weighted by molar-refractivity contribution is 14.1. The smallest absolute Gasteiger partial charge is 0.428 e. The molecule has 0 saturated carbocycles. The van der Waals surface area contributed by atoms with Gasteiger partial charge in [0, 0.05) is 18.3 Å². The molecule has 0 heterocycles. The van der Waals surface area contributed by atoms with Crippen LogP contribution in [0.15, 0.2) is 29.8 Å². The van der Waals surface area contributed by atoms with Crippen molar-refractivity contribution >= 4 is 44.4 Å². The zero-order valence-corrected chi connectivity index (χ0v) is 14.1. The average Bonchev–Trinajstić information content (AvgIpc) is 2.46. The van der Waals surface area contributed by atoms with Gasteiger partial charge in [0.05, 0.1) is 0 Å². The standard InChI is InChI=1S/C15H19BINO2/c1-16(17)20-15(19)14-6-4-3-5-13(14)11-7-9-12(18-2)10-8-11/h7-10,18H,3-6H2,1-2H3. The Morgan fingerprint density at radius 3 is 2.50 bits per heavy atom. The third-order valence-electron chi connectivity index (χ3n) is 3.51. The number of nitrogens with one attached hydrogen (secondary N) is 1. The fourth-order valence-corrected chi connectivity index (χ4v) is 2.74. The Kier molecular flexibility index (Phi) is 5.51. The third kappa shape index (κ3) is 3.78. The van der Waals surface area contributed by atoms with Crippen molar-refractivity contribution in [3.05, 3.63) is 35.4 Å². The van der Waals surface area contributed by atoms with E-state index in [1.807, 2.05) is 26.0 Å². The van der Waals surface area contributed by atoms with Gasteiger partial charge in [0.25, 0.3) is 0 Å². The van der Waals surface area contributed by atoms with Crippen LogP contribution >= 0.6 is 22.4 Å². The summed E-state index contributed by atoms with van der Waals surface area (Å²) in [5, 5.41) is 3.11. The van der Waals surface area contributed by atoms with Gasteiger partial charge in [-0.2, -0.15) is 0 Å². The van der Waals surface area contributed by atoms with E-state index in [4.69, 9.17) is 4.65 Å². The average molecular weight is 383 g/mol. The highest BCUT2D eigenvalue weighted by Crippen LogP contribution is 2.33. The van der Waals surface area contributed by atoms with Gasteiger partial charge >= 0.3 is 10.7 Å². The molecular weight excluding hydrogens is 364 g/mol. The van der Waals surface area contributed by atoms with Gasteiger partial charge in [-0.1, -0.05) is 34.5 Å². The lowest BCUT2D eigenvalue weighted by Gasteiger charge is -2.20. The summed E-state index contributed by atoms with van der Waals surface area (Å²) < 4.78 is 5.27. The second-order valence-electron chi connectivity index (χ2n) is 4.94. The number of hydrogen-bond acceptors (Lipinski definition) is 3. The van der Waals surface area contributed by atoms with E-state index in [0.29, 0.717) is 0 Å². The quantitative estimate of drug-likeness (QED) is 0.627. The normalized spacial score (nSPS) is 14.9. The van der Waals surface area contributed by atoms with E-state index in [1.54, 1.807) is 0 Å². The van der Waals surface area contributed by atoms with E-state index in [1.165, 1.54) is 0 Å². The van der Waals surface area contributed by atoms with Gasteiger partial charge < -0.3 is 9.97 Å². The molecule has 0 unspecified atom stereocenters. The van der Waals surface area contributed by atoms with Crippen LogP contribution in [0.4, 0.5) is 5.69 Å². The van der Waals surface area contributed by atoms with Gasteiger partial charge in [-0.05, 0) is 55.8 Å². The van der Waals surface area contributed by atoms with Gasteiger partial charge in [0.1, 0.15) is 0 Å². The van der Waals surface area contributed by atoms with E-state index in [9.17, 15) is 4.79 Å². The molecule has 1 aromatic rings. The number of hydrogen-bond donors (Lipinski definition) is 1. The molecule has 2 rings (SSSR count). The molecule has 0 bridgehead atoms. The highest BCUT2D eigenvalue weighted by atomic mass is 127. The molecule has 1 aromatic carbocycles. The van der Waals surface area contributed by atoms with Crippen molar-refractivity contribution in [2.45, 2.75) is 32.5 Å². The van der Waals surface area contributed by atoms with Crippen molar-refractivity contribution in [3.63, 3.8) is 0 Å². The summed E-state index contributed by atoms with van der Waals surface area (Å²) in [5.41, 5.74) is 4.23. The predicted octanol–water partition coefficient (Wildman–Crippen LogP) is 4.15. The van der Waals surface area contributed by atoms with E-state index in [-0.39, 0.29) is 10.7 Å². The number of rotatable bonds is 4. The maximum atomic E-state index is 12.2. The minimum absolute atomic E-state index is 0.0950. The first-order valence-electron chi connectivity index (χ1n) is 6.97. The minimum atomic E-state index is -0.153. The second kappa shape index (κ2) is 7.15. The summed E-state index contributed by atoms with van der Waals surface area (Å²) in [6.07, 6.45) is 3.99. The van der Waals surface area contributed by atoms with Gasteiger partial charge in [0.2, 0.25) is 0 Å². The summed E-state index contributed by atoms with van der Waals surface area (Å²) >= 11 is 2.11. The summed E-state index contributed by atoms with van der Waals surface area (Å²) in [7, 11) is 1.90. The third-order valence-corrected chi connectivity index (χ3v) is 3.76. The molecule has 0 fully saturated rings. The van der Waals surface area contributed by atoms with Gasteiger partial charge in [0.15, 0.2) is 0 Å². The van der Waals surface area contributed by atoms with Crippen molar-refractivity contribution in [3.8, 4) is 0 Å². The Labute approximate surface area is 134 Å². The van der Waals surface area contributed by atoms with Crippen molar-refractivity contribution < 1.29 is 9.45 Å². The van der Waals surface area contributed by atoms with Crippen molar-refractivity contribution in [2.75, 3.05) is 12.4 Å². The minimum Gasteiger partial charge on any atom is -0.522 e. The summed E-state index contributed by atoms with van der Waals surface area (Å²) in [5.74, 6) is -0.153. The molecule has 3 nitrogen and oxygen atoms in total. The summed E-state index contributed by atoms with van der Waals surface area (Å²) in [6.45, 7) is 1.88. The Morgan fingerprint density at radius 1 is 1.25 bits per heavy atom. The van der Waals surface area contributed by atoms with Crippen LogP contribution in [0.5, 0.6) is 0 Å². The molecular formula is C15H19BINO2. The topological polar surface area (TPSA) is 38.3 Å². The van der Waals surface area contributed by atoms with Crippen molar-refractivity contribution in [2.24, 2.45) is 0 Å². The van der Waals surface area contributed by atoms with Gasteiger partial charge in [-0.25, -0.2) is 4.79 Å². The number of carbonyl (C=O) groups is 1. The molecule has 106 valence electrons. The van der Waals surface area contributed by atoms with Gasteiger partial charge in [-0.15, -0.1) is 0 Å². The van der Waals surface area contributed by atoms with Crippen LogP contribution in [0.1, 0.15) is 31.2 Å². The first kappa shape index (κ1) is 15.4. The van der Waals surface area contributed by atoms with Crippen LogP contribution < -0.4 is 5.32 Å². The Hall–Kier alpha value is -0.975.